The predicted molar refractivity (Wildman–Crippen MR) is 70.6 cm³/mol. The molecule has 7 nitrogen and oxygen atoms in total. The molecule has 4 unspecified atom stereocenters. The van der Waals surface area contributed by atoms with Crippen molar-refractivity contribution in [3.05, 3.63) is 51.0 Å². The molecule has 4 atom stereocenters. The highest BCUT2D eigenvalue weighted by atomic mass is 16.8. The summed E-state index contributed by atoms with van der Waals surface area (Å²) in [6, 6.07) is 0. The Hall–Kier alpha value is -2.18. The van der Waals surface area contributed by atoms with Crippen LogP contribution < -0.4 is 4.90 Å². The van der Waals surface area contributed by atoms with E-state index < -0.39 is 5.54 Å². The maximum Gasteiger partial charge on any atom is 0.299 e. The molecule has 110 valence electrons. The van der Waals surface area contributed by atoms with E-state index in [1.165, 1.54) is 0 Å². The molecule has 0 saturated carbocycles. The first-order valence-electron chi connectivity index (χ1n) is 7.21. The van der Waals surface area contributed by atoms with Crippen LogP contribution in [0.2, 0.25) is 0 Å². The van der Waals surface area contributed by atoms with Crippen LogP contribution in [0.1, 0.15) is 43.0 Å². The van der Waals surface area contributed by atoms with Crippen molar-refractivity contribution in [2.75, 3.05) is 0 Å². The predicted octanol–water partition coefficient (Wildman–Crippen LogP) is 1.81. The lowest BCUT2D eigenvalue weighted by atomic mass is 9.57. The van der Waals surface area contributed by atoms with E-state index in [0.29, 0.717) is 17.0 Å². The van der Waals surface area contributed by atoms with Gasteiger partial charge >= 0.3 is 0 Å². The second kappa shape index (κ2) is 4.16. The number of fused-ring (bicyclic) bond motifs is 6. The third-order valence-electron chi connectivity index (χ3n) is 5.33. The summed E-state index contributed by atoms with van der Waals surface area (Å²) in [5.74, 6) is -0.0687. The lowest BCUT2D eigenvalue weighted by Gasteiger charge is -2.43. The van der Waals surface area contributed by atoms with Crippen molar-refractivity contribution < 1.29 is 14.5 Å². The molecule has 1 heterocycles. The Bertz CT molecular complexity index is 665. The van der Waals surface area contributed by atoms with E-state index in [2.05, 4.69) is 11.2 Å². The van der Waals surface area contributed by atoms with Gasteiger partial charge in [0.05, 0.1) is 0 Å². The summed E-state index contributed by atoms with van der Waals surface area (Å²) in [6.45, 7) is 0. The van der Waals surface area contributed by atoms with Gasteiger partial charge in [0.1, 0.15) is 0 Å². The molecule has 1 aromatic rings. The molecule has 0 N–H and O–H groups in total. The molecular formula is C14H15N3O4. The Balaban J connectivity index is 1.99. The fraction of sp³-hybridized carbons (Fsp3) is 0.571. The highest BCUT2D eigenvalue weighted by Crippen LogP contribution is 2.56. The molecule has 0 saturated heterocycles. The smallest absolute Gasteiger partial charge is 0.299 e. The van der Waals surface area contributed by atoms with Crippen molar-refractivity contribution in [2.45, 2.75) is 37.1 Å². The van der Waals surface area contributed by atoms with Crippen molar-refractivity contribution in [1.82, 2.24) is 5.16 Å². The van der Waals surface area contributed by atoms with Crippen LogP contribution in [0.4, 0.5) is 0 Å². The zero-order valence-electron chi connectivity index (χ0n) is 11.3. The van der Waals surface area contributed by atoms with Crippen molar-refractivity contribution in [2.24, 2.45) is 11.8 Å². The van der Waals surface area contributed by atoms with Gasteiger partial charge in [-0.25, -0.2) is 0 Å². The fourth-order valence-electron chi connectivity index (χ4n) is 4.41. The van der Waals surface area contributed by atoms with Gasteiger partial charge in [-0.2, -0.15) is 0 Å². The lowest BCUT2D eigenvalue weighted by Crippen LogP contribution is -2.54. The average molecular weight is 289 g/mol. The maximum absolute atomic E-state index is 12.0. The molecule has 0 bridgehead atoms. The normalized spacial score (nSPS) is 36.7. The van der Waals surface area contributed by atoms with E-state index >= 15 is 0 Å². The SMILES string of the molecule is O=[N+]([O-])C12CC=CCC1C1CC=CCC1c1c2no[n+]1[O-]. The number of allylic oxidation sites excluding steroid dienone is 3. The summed E-state index contributed by atoms with van der Waals surface area (Å²) < 4.78 is 4.75. The van der Waals surface area contributed by atoms with Crippen molar-refractivity contribution in [3.8, 4) is 0 Å². The standard InChI is InChI=1S/C14H15N3O4/c18-16-12-10-6-2-1-5-9(10)11-7-3-4-8-14(11,17(19)20)13(12)15-21-16/h1-4,9-11H,5-8H2. The summed E-state index contributed by atoms with van der Waals surface area (Å²) in [6.07, 6.45) is 10.4. The van der Waals surface area contributed by atoms with Gasteiger partial charge in [-0.1, -0.05) is 24.3 Å². The van der Waals surface area contributed by atoms with Gasteiger partial charge in [-0.15, -0.1) is 0 Å². The molecule has 3 aliphatic carbocycles. The highest BCUT2D eigenvalue weighted by Gasteiger charge is 2.66. The molecular weight excluding hydrogens is 274 g/mol. The third-order valence-corrected chi connectivity index (χ3v) is 5.33. The molecule has 4 rings (SSSR count). The largest absolute Gasteiger partial charge is 0.359 e. The molecule has 21 heavy (non-hydrogen) atoms. The molecule has 0 amide bonds. The molecule has 3 aliphatic rings. The van der Waals surface area contributed by atoms with Crippen molar-refractivity contribution in [3.63, 3.8) is 0 Å². The molecule has 7 heteroatoms. The van der Waals surface area contributed by atoms with Crippen LogP contribution in [0, 0.1) is 27.2 Å². The van der Waals surface area contributed by atoms with Gasteiger partial charge in [0.15, 0.2) is 0 Å². The number of aromatic nitrogens is 2. The zero-order valence-corrected chi connectivity index (χ0v) is 11.3. The highest BCUT2D eigenvalue weighted by molar-refractivity contribution is 5.30. The van der Waals surface area contributed by atoms with Crippen LogP contribution in [0.15, 0.2) is 28.9 Å². The van der Waals surface area contributed by atoms with Crippen LogP contribution in [0.3, 0.4) is 0 Å². The first kappa shape index (κ1) is 12.6. The van der Waals surface area contributed by atoms with Gasteiger partial charge in [-0.05, 0) is 30.1 Å². The second-order valence-corrected chi connectivity index (χ2v) is 6.08. The first-order valence-corrected chi connectivity index (χ1v) is 7.21. The lowest BCUT2D eigenvalue weighted by molar-refractivity contribution is -0.809. The molecule has 0 aromatic carbocycles. The summed E-state index contributed by atoms with van der Waals surface area (Å²) >= 11 is 0. The Labute approximate surface area is 120 Å². The van der Waals surface area contributed by atoms with Crippen LogP contribution in [0.5, 0.6) is 0 Å². The molecule has 1 aromatic heterocycles. The number of nitrogens with zero attached hydrogens (tertiary/aromatic N) is 3. The third kappa shape index (κ3) is 1.43. The molecule has 0 fully saturated rings. The van der Waals surface area contributed by atoms with Crippen LogP contribution in [-0.2, 0) is 5.54 Å². The zero-order chi connectivity index (χ0) is 14.6. The quantitative estimate of drug-likeness (QED) is 0.340. The first-order chi connectivity index (χ1) is 10.2. The Morgan fingerprint density at radius 2 is 2.05 bits per heavy atom. The van der Waals surface area contributed by atoms with E-state index in [9.17, 15) is 15.3 Å². The summed E-state index contributed by atoms with van der Waals surface area (Å²) in [4.78, 5) is 12.0. The minimum atomic E-state index is -1.31. The topological polar surface area (TPSA) is 96.1 Å². The molecule has 0 aliphatic heterocycles. The van der Waals surface area contributed by atoms with Gasteiger partial charge in [0.2, 0.25) is 5.69 Å². The van der Waals surface area contributed by atoms with E-state index in [1.54, 1.807) is 0 Å². The minimum Gasteiger partial charge on any atom is -0.359 e. The maximum atomic E-state index is 12.0. The van der Waals surface area contributed by atoms with Crippen LogP contribution in [0.25, 0.3) is 0 Å². The van der Waals surface area contributed by atoms with Gasteiger partial charge in [0, 0.05) is 28.3 Å². The number of rotatable bonds is 1. The summed E-state index contributed by atoms with van der Waals surface area (Å²) in [5.41, 5.74) is -0.698. The van der Waals surface area contributed by atoms with Gasteiger partial charge in [-0.3, -0.25) is 14.7 Å². The van der Waals surface area contributed by atoms with Crippen LogP contribution >= 0.6 is 0 Å². The second-order valence-electron chi connectivity index (χ2n) is 6.08. The monoisotopic (exact) mass is 289 g/mol. The Morgan fingerprint density at radius 1 is 1.29 bits per heavy atom. The number of hydrogen-bond acceptors (Lipinski definition) is 5. The Morgan fingerprint density at radius 3 is 2.86 bits per heavy atom. The minimum absolute atomic E-state index is 0.0293. The summed E-state index contributed by atoms with van der Waals surface area (Å²) in [5, 5.41) is 27.7. The Kier molecular flexibility index (Phi) is 2.49. The average Bonchev–Trinajstić information content (AvgIpc) is 2.90. The van der Waals surface area contributed by atoms with Gasteiger partial charge in [0.25, 0.3) is 11.2 Å². The van der Waals surface area contributed by atoms with Crippen molar-refractivity contribution in [1.29, 1.82) is 0 Å². The summed E-state index contributed by atoms with van der Waals surface area (Å²) in [7, 11) is 0. The van der Waals surface area contributed by atoms with E-state index in [-0.39, 0.29) is 34.8 Å². The van der Waals surface area contributed by atoms with E-state index in [1.807, 2.05) is 18.2 Å². The number of hydrogen-bond donors (Lipinski definition) is 0. The van der Waals surface area contributed by atoms with E-state index in [0.717, 1.165) is 12.8 Å². The van der Waals surface area contributed by atoms with E-state index in [4.69, 9.17) is 4.63 Å². The molecule has 0 spiro atoms. The van der Waals surface area contributed by atoms with Crippen LogP contribution in [-0.4, -0.2) is 10.1 Å². The fourth-order valence-corrected chi connectivity index (χ4v) is 4.41. The van der Waals surface area contributed by atoms with Gasteiger partial charge < -0.3 is 5.21 Å². The number of nitro groups is 1. The van der Waals surface area contributed by atoms with Crippen molar-refractivity contribution >= 4 is 0 Å². The molecule has 0 radical (unpaired) electrons.